The first kappa shape index (κ1) is 16.8. The number of nitrogens with zero attached hydrogens (tertiary/aromatic N) is 1. The minimum atomic E-state index is -2.77. The van der Waals surface area contributed by atoms with Crippen molar-refractivity contribution in [3.05, 3.63) is 0 Å². The van der Waals surface area contributed by atoms with Gasteiger partial charge in [0.15, 0.2) is 0 Å². The molecule has 1 atom stereocenters. The Kier molecular flexibility index (Phi) is 6.17. The van der Waals surface area contributed by atoms with E-state index >= 15 is 0 Å². The molecule has 2 N–H and O–H groups in total. The molecule has 0 saturated heterocycles. The normalized spacial score (nSPS) is 13.5. The Morgan fingerprint density at radius 1 is 1.28 bits per heavy atom. The Balaban J connectivity index is 5.07. The number of carbonyl (C=O) groups is 2. The minimum absolute atomic E-state index is 0.303. The second-order valence-electron chi connectivity index (χ2n) is 5.04. The van der Waals surface area contributed by atoms with Crippen molar-refractivity contribution in [2.24, 2.45) is 11.3 Å². The number of hydrogen-bond donors (Lipinski definition) is 2. The molecule has 0 aliphatic carbocycles. The first-order valence-corrected chi connectivity index (χ1v) is 5.51. The molecule has 0 aliphatic heterocycles. The van der Waals surface area contributed by atoms with Gasteiger partial charge in [0, 0.05) is 6.54 Å². The van der Waals surface area contributed by atoms with Gasteiger partial charge in [-0.1, -0.05) is 20.8 Å². The molecule has 1 unspecified atom stereocenters. The second kappa shape index (κ2) is 6.63. The Labute approximate surface area is 104 Å². The van der Waals surface area contributed by atoms with Crippen LogP contribution < -0.4 is 0 Å². The topological polar surface area (TPSA) is 77.8 Å². The summed E-state index contributed by atoms with van der Waals surface area (Å²) in [6, 6.07) is 0. The predicted octanol–water partition coefficient (Wildman–Crippen LogP) is 0.819. The third kappa shape index (κ3) is 4.95. The maximum atomic E-state index is 12.3. The molecule has 18 heavy (non-hydrogen) atoms. The van der Waals surface area contributed by atoms with Gasteiger partial charge in [-0.2, -0.15) is 0 Å². The van der Waals surface area contributed by atoms with Gasteiger partial charge in [-0.15, -0.1) is 0 Å². The standard InChI is InChI=1S/C11H19F2NO4/c1-11(2,3)8(10(17)18)9(16)14(4-5-15)6-7(12)13/h7-8,15H,4-6H2,1-3H3,(H,17,18). The Morgan fingerprint density at radius 2 is 1.78 bits per heavy atom. The molecule has 1 amide bonds. The number of alkyl halides is 2. The lowest BCUT2D eigenvalue weighted by Crippen LogP contribution is -2.47. The highest BCUT2D eigenvalue weighted by molar-refractivity contribution is 5.97. The molecule has 0 rings (SSSR count). The quantitative estimate of drug-likeness (QED) is 0.698. The first-order chi connectivity index (χ1) is 8.11. The van der Waals surface area contributed by atoms with Crippen molar-refractivity contribution in [1.29, 1.82) is 0 Å². The van der Waals surface area contributed by atoms with Crippen LogP contribution in [0.5, 0.6) is 0 Å². The van der Waals surface area contributed by atoms with Gasteiger partial charge in [0.1, 0.15) is 5.92 Å². The van der Waals surface area contributed by atoms with Crippen LogP contribution in [0, 0.1) is 11.3 Å². The van der Waals surface area contributed by atoms with Crippen molar-refractivity contribution in [3.63, 3.8) is 0 Å². The Bertz CT molecular complexity index is 302. The Hall–Kier alpha value is -1.24. The van der Waals surface area contributed by atoms with Crippen molar-refractivity contribution in [2.45, 2.75) is 27.2 Å². The SMILES string of the molecule is CC(C)(C)C(C(=O)O)C(=O)N(CCO)CC(F)F. The highest BCUT2D eigenvalue weighted by atomic mass is 19.3. The third-order valence-electron chi connectivity index (χ3n) is 2.40. The van der Waals surface area contributed by atoms with Crippen molar-refractivity contribution in [3.8, 4) is 0 Å². The van der Waals surface area contributed by atoms with E-state index in [4.69, 9.17) is 10.2 Å². The summed E-state index contributed by atoms with van der Waals surface area (Å²) in [6.07, 6.45) is -2.77. The molecule has 5 nitrogen and oxygen atoms in total. The van der Waals surface area contributed by atoms with Crippen molar-refractivity contribution in [1.82, 2.24) is 4.90 Å². The molecule has 0 aliphatic rings. The second-order valence-corrected chi connectivity index (χ2v) is 5.04. The molecule has 0 heterocycles. The van der Waals surface area contributed by atoms with Crippen LogP contribution in [0.15, 0.2) is 0 Å². The fourth-order valence-electron chi connectivity index (χ4n) is 1.61. The van der Waals surface area contributed by atoms with E-state index in [2.05, 4.69) is 0 Å². The molecule has 0 radical (unpaired) electrons. The monoisotopic (exact) mass is 267 g/mol. The van der Waals surface area contributed by atoms with E-state index in [0.717, 1.165) is 0 Å². The molecule has 0 aromatic rings. The number of carbonyl (C=O) groups excluding carboxylic acids is 1. The lowest BCUT2D eigenvalue weighted by Gasteiger charge is -2.31. The number of aliphatic hydroxyl groups is 1. The van der Waals surface area contributed by atoms with Crippen LogP contribution in [0.4, 0.5) is 8.78 Å². The average Bonchev–Trinajstić information content (AvgIpc) is 2.13. The van der Waals surface area contributed by atoms with Crippen LogP contribution >= 0.6 is 0 Å². The molecular formula is C11H19F2NO4. The molecule has 0 aromatic heterocycles. The number of hydrogen-bond acceptors (Lipinski definition) is 3. The van der Waals surface area contributed by atoms with Crippen LogP contribution in [0.1, 0.15) is 20.8 Å². The minimum Gasteiger partial charge on any atom is -0.481 e. The van der Waals surface area contributed by atoms with Gasteiger partial charge in [-0.05, 0) is 5.41 Å². The van der Waals surface area contributed by atoms with Gasteiger partial charge in [0.25, 0.3) is 6.43 Å². The smallest absolute Gasteiger partial charge is 0.316 e. The summed E-state index contributed by atoms with van der Waals surface area (Å²) < 4.78 is 24.6. The van der Waals surface area contributed by atoms with E-state index in [1.165, 1.54) is 0 Å². The average molecular weight is 267 g/mol. The largest absolute Gasteiger partial charge is 0.481 e. The molecule has 7 heteroatoms. The van der Waals surface area contributed by atoms with E-state index in [-0.39, 0.29) is 6.54 Å². The zero-order chi connectivity index (χ0) is 14.5. The fraction of sp³-hybridized carbons (Fsp3) is 0.818. The van der Waals surface area contributed by atoms with Gasteiger partial charge >= 0.3 is 5.97 Å². The number of carboxylic acid groups (broad SMARTS) is 1. The maximum Gasteiger partial charge on any atom is 0.316 e. The van der Waals surface area contributed by atoms with E-state index < -0.39 is 42.8 Å². The molecule has 0 fully saturated rings. The number of carboxylic acids is 1. The van der Waals surface area contributed by atoms with E-state index in [0.29, 0.717) is 4.90 Å². The number of halogens is 2. The highest BCUT2D eigenvalue weighted by Gasteiger charge is 2.40. The van der Waals surface area contributed by atoms with Gasteiger partial charge in [-0.3, -0.25) is 9.59 Å². The molecule has 106 valence electrons. The summed E-state index contributed by atoms with van der Waals surface area (Å²) in [4.78, 5) is 23.7. The summed E-state index contributed by atoms with van der Waals surface area (Å²) in [5, 5.41) is 17.8. The molecule has 0 saturated carbocycles. The molecular weight excluding hydrogens is 248 g/mol. The zero-order valence-electron chi connectivity index (χ0n) is 10.7. The first-order valence-electron chi connectivity index (χ1n) is 5.51. The van der Waals surface area contributed by atoms with Gasteiger partial charge in [0.05, 0.1) is 13.2 Å². The summed E-state index contributed by atoms with van der Waals surface area (Å²) in [5.74, 6) is -3.67. The summed E-state index contributed by atoms with van der Waals surface area (Å²) in [6.45, 7) is 2.97. The van der Waals surface area contributed by atoms with Gasteiger partial charge < -0.3 is 15.1 Å². The number of aliphatic carboxylic acids is 1. The van der Waals surface area contributed by atoms with Crippen LogP contribution in [0.2, 0.25) is 0 Å². The van der Waals surface area contributed by atoms with Crippen LogP contribution in [0.3, 0.4) is 0 Å². The number of rotatable bonds is 6. The summed E-state index contributed by atoms with van der Waals surface area (Å²) in [5.41, 5.74) is -0.890. The molecule has 0 aromatic carbocycles. The summed E-state index contributed by atoms with van der Waals surface area (Å²) >= 11 is 0. The lowest BCUT2D eigenvalue weighted by atomic mass is 9.80. The van der Waals surface area contributed by atoms with Gasteiger partial charge in [0.2, 0.25) is 5.91 Å². The van der Waals surface area contributed by atoms with E-state index in [1.807, 2.05) is 0 Å². The van der Waals surface area contributed by atoms with Crippen molar-refractivity contribution in [2.75, 3.05) is 19.7 Å². The lowest BCUT2D eigenvalue weighted by molar-refractivity contribution is -0.157. The van der Waals surface area contributed by atoms with Crippen LogP contribution in [0.25, 0.3) is 0 Å². The van der Waals surface area contributed by atoms with E-state index in [1.54, 1.807) is 20.8 Å². The highest BCUT2D eigenvalue weighted by Crippen LogP contribution is 2.28. The van der Waals surface area contributed by atoms with Gasteiger partial charge in [-0.25, -0.2) is 8.78 Å². The summed E-state index contributed by atoms with van der Waals surface area (Å²) in [7, 11) is 0. The number of aliphatic hydroxyl groups excluding tert-OH is 1. The number of amides is 1. The van der Waals surface area contributed by atoms with E-state index in [9.17, 15) is 18.4 Å². The molecule has 0 spiro atoms. The van der Waals surface area contributed by atoms with Crippen LogP contribution in [-0.4, -0.2) is 53.1 Å². The van der Waals surface area contributed by atoms with Crippen molar-refractivity contribution < 1.29 is 28.6 Å². The molecule has 0 bridgehead atoms. The van der Waals surface area contributed by atoms with Crippen LogP contribution in [-0.2, 0) is 9.59 Å². The van der Waals surface area contributed by atoms with Crippen molar-refractivity contribution >= 4 is 11.9 Å². The predicted molar refractivity (Wildman–Crippen MR) is 60.3 cm³/mol. The maximum absolute atomic E-state index is 12.3. The third-order valence-corrected chi connectivity index (χ3v) is 2.40. The fourth-order valence-corrected chi connectivity index (χ4v) is 1.61. The Morgan fingerprint density at radius 3 is 2.06 bits per heavy atom. The zero-order valence-corrected chi connectivity index (χ0v) is 10.7.